The first-order valence-corrected chi connectivity index (χ1v) is 11.7. The Bertz CT molecular complexity index is 1110. The average Bonchev–Trinajstić information content (AvgIpc) is 3.31. The average molecular weight is 459 g/mol. The van der Waals surface area contributed by atoms with Crippen LogP contribution in [0.25, 0.3) is 10.9 Å². The maximum Gasteiger partial charge on any atom is 0.270 e. The molecule has 1 saturated heterocycles. The number of aromatic amines is 1. The minimum atomic E-state index is 0.0795. The highest BCUT2D eigenvalue weighted by molar-refractivity contribution is 5.98. The van der Waals surface area contributed by atoms with Crippen LogP contribution in [0.15, 0.2) is 59.9 Å². The minimum Gasteiger partial charge on any atom is -0.351 e. The van der Waals surface area contributed by atoms with Gasteiger partial charge in [-0.25, -0.2) is 0 Å². The van der Waals surface area contributed by atoms with Crippen LogP contribution in [0, 0.1) is 11.5 Å². The lowest BCUT2D eigenvalue weighted by Gasteiger charge is -2.34. The summed E-state index contributed by atoms with van der Waals surface area (Å²) in [6.07, 6.45) is 8.39. The molecule has 9 nitrogen and oxygen atoms in total. The molecule has 1 aliphatic rings. The number of nitriles is 1. The lowest BCUT2D eigenvalue weighted by Crippen LogP contribution is -2.48. The van der Waals surface area contributed by atoms with Gasteiger partial charge in [-0.1, -0.05) is 24.6 Å². The molecule has 1 fully saturated rings. The molecule has 34 heavy (non-hydrogen) atoms. The molecule has 3 aromatic rings. The van der Waals surface area contributed by atoms with E-state index in [4.69, 9.17) is 5.26 Å². The van der Waals surface area contributed by atoms with Crippen molar-refractivity contribution in [1.29, 1.82) is 5.26 Å². The van der Waals surface area contributed by atoms with Gasteiger partial charge in [-0.15, -0.1) is 0 Å². The van der Waals surface area contributed by atoms with E-state index in [1.54, 1.807) is 12.4 Å². The van der Waals surface area contributed by atoms with Crippen LogP contribution in [0.5, 0.6) is 0 Å². The van der Waals surface area contributed by atoms with E-state index in [9.17, 15) is 4.79 Å². The fourth-order valence-corrected chi connectivity index (χ4v) is 4.08. The number of amides is 1. The molecule has 0 spiro atoms. The Morgan fingerprint density at radius 1 is 1.09 bits per heavy atom. The number of piperazine rings is 1. The van der Waals surface area contributed by atoms with Gasteiger partial charge in [-0.05, 0) is 43.7 Å². The van der Waals surface area contributed by atoms with Gasteiger partial charge >= 0.3 is 0 Å². The van der Waals surface area contributed by atoms with Crippen LogP contribution < -0.4 is 10.6 Å². The Morgan fingerprint density at radius 2 is 1.88 bits per heavy atom. The van der Waals surface area contributed by atoms with Gasteiger partial charge in [0, 0.05) is 61.7 Å². The maximum absolute atomic E-state index is 12.9. The number of carbonyl (C=O) groups excluding carboxylic acids is 1. The zero-order valence-electron chi connectivity index (χ0n) is 19.2. The molecule has 0 atom stereocenters. The highest BCUT2D eigenvalue weighted by Crippen LogP contribution is 2.17. The molecule has 0 radical (unpaired) electrons. The van der Waals surface area contributed by atoms with Crippen molar-refractivity contribution in [2.75, 3.05) is 44.6 Å². The summed E-state index contributed by atoms with van der Waals surface area (Å²) in [5.74, 6) is 0.528. The van der Waals surface area contributed by atoms with Gasteiger partial charge < -0.3 is 15.2 Å². The van der Waals surface area contributed by atoms with Crippen molar-refractivity contribution in [2.24, 2.45) is 4.99 Å². The standard InChI is InChI=1S/C25H30N8O/c26-19-29-25(30-21-8-11-27-12-9-21)28-10-4-1-5-13-32-14-16-33(17-15-32)24(34)23-18-20-6-2-3-7-22(20)31-23/h2-3,6-9,11-12,18,31H,1,4-5,10,13-17H2,(H2,27,28,29,30). The largest absolute Gasteiger partial charge is 0.351 e. The van der Waals surface area contributed by atoms with Gasteiger partial charge in [0.15, 0.2) is 6.19 Å². The summed E-state index contributed by atoms with van der Waals surface area (Å²) in [6.45, 7) is 4.97. The number of H-pyrrole nitrogens is 1. The van der Waals surface area contributed by atoms with Crippen LogP contribution in [-0.4, -0.2) is 70.9 Å². The zero-order chi connectivity index (χ0) is 23.6. The van der Waals surface area contributed by atoms with Gasteiger partial charge in [0.1, 0.15) is 5.69 Å². The molecule has 4 rings (SSSR count). The second-order valence-electron chi connectivity index (χ2n) is 8.29. The van der Waals surface area contributed by atoms with E-state index in [0.29, 0.717) is 18.2 Å². The summed E-state index contributed by atoms with van der Waals surface area (Å²) in [7, 11) is 0. The summed E-state index contributed by atoms with van der Waals surface area (Å²) in [5.41, 5.74) is 2.50. The summed E-state index contributed by atoms with van der Waals surface area (Å²) in [4.78, 5) is 28.9. The fraction of sp³-hybridized carbons (Fsp3) is 0.360. The van der Waals surface area contributed by atoms with Crippen molar-refractivity contribution < 1.29 is 4.79 Å². The number of carbonyl (C=O) groups is 1. The van der Waals surface area contributed by atoms with Crippen LogP contribution in [-0.2, 0) is 0 Å². The molecule has 0 unspecified atom stereocenters. The number of benzene rings is 1. The molecular formula is C25H30N8O. The summed E-state index contributed by atoms with van der Waals surface area (Å²) in [5, 5.41) is 15.7. The molecule has 1 aliphatic heterocycles. The third-order valence-electron chi connectivity index (χ3n) is 5.94. The van der Waals surface area contributed by atoms with Gasteiger partial charge in [0.05, 0.1) is 0 Å². The van der Waals surface area contributed by atoms with Crippen molar-refractivity contribution in [2.45, 2.75) is 19.3 Å². The lowest BCUT2D eigenvalue weighted by atomic mass is 10.2. The van der Waals surface area contributed by atoms with E-state index in [1.165, 1.54) is 0 Å². The molecular weight excluding hydrogens is 428 g/mol. The Labute approximate surface area is 199 Å². The Hall–Kier alpha value is -3.90. The number of nitrogens with one attached hydrogen (secondary N) is 3. The second-order valence-corrected chi connectivity index (χ2v) is 8.29. The van der Waals surface area contributed by atoms with Crippen LogP contribution in [0.1, 0.15) is 29.8 Å². The van der Waals surface area contributed by atoms with Crippen LogP contribution in [0.3, 0.4) is 0 Å². The third kappa shape index (κ3) is 6.33. The smallest absolute Gasteiger partial charge is 0.270 e. The zero-order valence-corrected chi connectivity index (χ0v) is 19.2. The normalized spacial score (nSPS) is 14.7. The topological polar surface area (TPSA) is 112 Å². The highest BCUT2D eigenvalue weighted by atomic mass is 16.2. The Morgan fingerprint density at radius 3 is 2.65 bits per heavy atom. The summed E-state index contributed by atoms with van der Waals surface area (Å²) >= 11 is 0. The van der Waals surface area contributed by atoms with Gasteiger partial charge in [0.2, 0.25) is 5.96 Å². The summed E-state index contributed by atoms with van der Waals surface area (Å²) < 4.78 is 0. The number of fused-ring (bicyclic) bond motifs is 1. The molecule has 3 N–H and O–H groups in total. The molecule has 176 valence electrons. The first-order chi connectivity index (χ1) is 16.7. The molecule has 1 amide bonds. The predicted molar refractivity (Wildman–Crippen MR) is 133 cm³/mol. The molecule has 9 heteroatoms. The lowest BCUT2D eigenvalue weighted by molar-refractivity contribution is 0.0630. The van der Waals surface area contributed by atoms with Gasteiger partial charge in [-0.3, -0.25) is 25.0 Å². The van der Waals surface area contributed by atoms with Crippen molar-refractivity contribution in [3.63, 3.8) is 0 Å². The third-order valence-corrected chi connectivity index (χ3v) is 5.94. The SMILES string of the molecule is N#CNC(=NCCCCCN1CCN(C(=O)c2cc3ccccc3[nH]2)CC1)Nc1ccncc1. The Balaban J connectivity index is 1.14. The second kappa shape index (κ2) is 11.8. The van der Waals surface area contributed by atoms with E-state index < -0.39 is 0 Å². The van der Waals surface area contributed by atoms with Crippen LogP contribution in [0.4, 0.5) is 5.69 Å². The predicted octanol–water partition coefficient (Wildman–Crippen LogP) is 3.03. The van der Waals surface area contributed by atoms with Crippen LogP contribution >= 0.6 is 0 Å². The first-order valence-electron chi connectivity index (χ1n) is 11.7. The van der Waals surface area contributed by atoms with Gasteiger partial charge in [0.25, 0.3) is 5.91 Å². The first kappa shape index (κ1) is 23.3. The molecule has 1 aromatic carbocycles. The van der Waals surface area contributed by atoms with Crippen molar-refractivity contribution >= 4 is 28.5 Å². The number of aromatic nitrogens is 2. The number of hydrogen-bond acceptors (Lipinski definition) is 5. The molecule has 3 heterocycles. The number of pyridine rings is 1. The number of guanidine groups is 1. The van der Waals surface area contributed by atoms with E-state index in [2.05, 4.69) is 30.5 Å². The molecule has 0 aliphatic carbocycles. The number of aliphatic imine (C=N–C) groups is 1. The minimum absolute atomic E-state index is 0.0795. The highest BCUT2D eigenvalue weighted by Gasteiger charge is 2.22. The maximum atomic E-state index is 12.9. The summed E-state index contributed by atoms with van der Waals surface area (Å²) in [6, 6.07) is 13.6. The van der Waals surface area contributed by atoms with Crippen molar-refractivity contribution in [1.82, 2.24) is 25.1 Å². The molecule has 2 aromatic heterocycles. The quantitative estimate of drug-likeness (QED) is 0.157. The number of unbranched alkanes of at least 4 members (excludes halogenated alkanes) is 2. The number of rotatable bonds is 8. The Kier molecular flexibility index (Phi) is 8.08. The van der Waals surface area contributed by atoms with Gasteiger partial charge in [-0.2, -0.15) is 5.26 Å². The van der Waals surface area contributed by atoms with E-state index >= 15 is 0 Å². The molecule has 0 saturated carbocycles. The van der Waals surface area contributed by atoms with Crippen LogP contribution in [0.2, 0.25) is 0 Å². The van der Waals surface area contributed by atoms with Crippen molar-refractivity contribution in [3.05, 3.63) is 60.6 Å². The monoisotopic (exact) mass is 458 g/mol. The fourth-order valence-electron chi connectivity index (χ4n) is 4.08. The number of hydrogen-bond donors (Lipinski definition) is 3. The van der Waals surface area contributed by atoms with E-state index in [-0.39, 0.29) is 5.91 Å². The van der Waals surface area contributed by atoms with Crippen molar-refractivity contribution in [3.8, 4) is 6.19 Å². The number of nitrogens with zero attached hydrogens (tertiary/aromatic N) is 5. The molecule has 0 bridgehead atoms. The number of para-hydroxylation sites is 1. The number of anilines is 1. The van der Waals surface area contributed by atoms with E-state index in [0.717, 1.165) is 68.6 Å². The van der Waals surface area contributed by atoms with E-state index in [1.807, 2.05) is 53.6 Å².